The molecule has 5 heteroatoms. The fraction of sp³-hybridized carbons (Fsp3) is 0.182. The molecule has 0 spiro atoms. The van der Waals surface area contributed by atoms with Gasteiger partial charge >= 0.3 is 6.55 Å². The standard InChI is InChI=1S/C11H9ClF2N2/c1-7-10(6-16(15-7)11(13)14)8-2-4-9(12)5-3-8/h2-6,11H,1H3. The van der Waals surface area contributed by atoms with Gasteiger partial charge in [0.15, 0.2) is 0 Å². The Kier molecular flexibility index (Phi) is 2.92. The normalized spacial score (nSPS) is 11.1. The average Bonchev–Trinajstić information content (AvgIpc) is 2.62. The van der Waals surface area contributed by atoms with Crippen LogP contribution in [0.25, 0.3) is 11.1 Å². The third-order valence-electron chi connectivity index (χ3n) is 2.27. The van der Waals surface area contributed by atoms with E-state index < -0.39 is 6.55 Å². The van der Waals surface area contributed by atoms with E-state index in [4.69, 9.17) is 11.6 Å². The molecule has 0 saturated carbocycles. The van der Waals surface area contributed by atoms with E-state index in [0.29, 0.717) is 21.0 Å². The molecule has 2 rings (SSSR count). The summed E-state index contributed by atoms with van der Waals surface area (Å²) in [5, 5.41) is 4.36. The van der Waals surface area contributed by atoms with Gasteiger partial charge in [-0.1, -0.05) is 23.7 Å². The maximum Gasteiger partial charge on any atom is 0.333 e. The molecule has 0 unspecified atom stereocenters. The van der Waals surface area contributed by atoms with E-state index in [-0.39, 0.29) is 0 Å². The summed E-state index contributed by atoms with van der Waals surface area (Å²) >= 11 is 5.75. The number of rotatable bonds is 2. The molecule has 0 radical (unpaired) electrons. The van der Waals surface area contributed by atoms with Gasteiger partial charge in [-0.25, -0.2) is 4.68 Å². The van der Waals surface area contributed by atoms with Gasteiger partial charge in [-0.2, -0.15) is 13.9 Å². The zero-order valence-electron chi connectivity index (χ0n) is 8.49. The number of aromatic nitrogens is 2. The summed E-state index contributed by atoms with van der Waals surface area (Å²) in [6, 6.07) is 7.00. The first kappa shape index (κ1) is 11.1. The lowest BCUT2D eigenvalue weighted by Gasteiger charge is -1.98. The maximum atomic E-state index is 12.4. The molecule has 0 saturated heterocycles. The number of nitrogens with zero attached hydrogens (tertiary/aromatic N) is 2. The fourth-order valence-corrected chi connectivity index (χ4v) is 1.62. The molecule has 84 valence electrons. The molecule has 0 amide bonds. The van der Waals surface area contributed by atoms with E-state index in [1.54, 1.807) is 31.2 Å². The summed E-state index contributed by atoms with van der Waals surface area (Å²) in [6.07, 6.45) is 1.34. The smallest absolute Gasteiger partial charge is 0.211 e. The molecule has 0 aliphatic carbocycles. The van der Waals surface area contributed by atoms with Crippen molar-refractivity contribution in [3.05, 3.63) is 41.2 Å². The molecular weight excluding hydrogens is 234 g/mol. The molecule has 1 aromatic carbocycles. The maximum absolute atomic E-state index is 12.4. The molecule has 0 atom stereocenters. The summed E-state index contributed by atoms with van der Waals surface area (Å²) in [4.78, 5) is 0. The van der Waals surface area contributed by atoms with Crippen molar-refractivity contribution in [1.82, 2.24) is 9.78 Å². The number of benzene rings is 1. The molecule has 2 aromatic rings. The number of hydrogen-bond acceptors (Lipinski definition) is 1. The largest absolute Gasteiger partial charge is 0.333 e. The topological polar surface area (TPSA) is 17.8 Å². The van der Waals surface area contributed by atoms with E-state index in [0.717, 1.165) is 5.56 Å². The van der Waals surface area contributed by atoms with Crippen LogP contribution in [0.5, 0.6) is 0 Å². The van der Waals surface area contributed by atoms with Gasteiger partial charge in [0.25, 0.3) is 0 Å². The van der Waals surface area contributed by atoms with Crippen molar-refractivity contribution in [2.75, 3.05) is 0 Å². The Morgan fingerprint density at radius 1 is 1.25 bits per heavy atom. The molecular formula is C11H9ClF2N2. The van der Waals surface area contributed by atoms with Crippen molar-refractivity contribution in [2.24, 2.45) is 0 Å². The zero-order chi connectivity index (χ0) is 11.7. The fourth-order valence-electron chi connectivity index (χ4n) is 1.49. The Morgan fingerprint density at radius 2 is 1.88 bits per heavy atom. The predicted octanol–water partition coefficient (Wildman–Crippen LogP) is 3.91. The number of halogens is 3. The van der Waals surface area contributed by atoms with Crippen LogP contribution in [-0.4, -0.2) is 9.78 Å². The average molecular weight is 243 g/mol. The highest BCUT2D eigenvalue weighted by Gasteiger charge is 2.12. The molecule has 16 heavy (non-hydrogen) atoms. The van der Waals surface area contributed by atoms with Crippen LogP contribution in [0.3, 0.4) is 0 Å². The van der Waals surface area contributed by atoms with Crippen LogP contribution >= 0.6 is 11.6 Å². The van der Waals surface area contributed by atoms with E-state index in [2.05, 4.69) is 5.10 Å². The van der Waals surface area contributed by atoms with Gasteiger partial charge in [-0.3, -0.25) is 0 Å². The lowest BCUT2D eigenvalue weighted by atomic mass is 10.1. The van der Waals surface area contributed by atoms with Crippen LogP contribution in [0.2, 0.25) is 5.02 Å². The molecule has 1 heterocycles. The first-order valence-corrected chi connectivity index (χ1v) is 5.05. The second-order valence-corrected chi connectivity index (χ2v) is 3.83. The molecule has 0 aliphatic heterocycles. The highest BCUT2D eigenvalue weighted by Crippen LogP contribution is 2.25. The Bertz CT molecular complexity index is 491. The summed E-state index contributed by atoms with van der Waals surface area (Å²) in [6.45, 7) is -0.914. The van der Waals surface area contributed by atoms with Crippen molar-refractivity contribution >= 4 is 11.6 Å². The van der Waals surface area contributed by atoms with Crippen LogP contribution in [-0.2, 0) is 0 Å². The minimum atomic E-state index is -2.61. The molecule has 0 aliphatic rings. The van der Waals surface area contributed by atoms with Crippen LogP contribution in [0.1, 0.15) is 12.2 Å². The second-order valence-electron chi connectivity index (χ2n) is 3.39. The molecule has 0 fully saturated rings. The van der Waals surface area contributed by atoms with Crippen LogP contribution < -0.4 is 0 Å². The van der Waals surface area contributed by atoms with Crippen molar-refractivity contribution in [3.8, 4) is 11.1 Å². The van der Waals surface area contributed by atoms with Gasteiger partial charge in [0, 0.05) is 16.8 Å². The Labute approximate surface area is 96.5 Å². The van der Waals surface area contributed by atoms with Crippen molar-refractivity contribution < 1.29 is 8.78 Å². The third kappa shape index (κ3) is 2.07. The molecule has 2 nitrogen and oxygen atoms in total. The van der Waals surface area contributed by atoms with E-state index in [9.17, 15) is 8.78 Å². The molecule has 0 bridgehead atoms. The Morgan fingerprint density at radius 3 is 2.38 bits per heavy atom. The number of hydrogen-bond donors (Lipinski definition) is 0. The van der Waals surface area contributed by atoms with Gasteiger partial charge in [-0.05, 0) is 24.6 Å². The highest BCUT2D eigenvalue weighted by molar-refractivity contribution is 6.30. The predicted molar refractivity (Wildman–Crippen MR) is 58.7 cm³/mol. The van der Waals surface area contributed by atoms with Crippen molar-refractivity contribution in [1.29, 1.82) is 0 Å². The summed E-state index contributed by atoms with van der Waals surface area (Å²) in [7, 11) is 0. The minimum Gasteiger partial charge on any atom is -0.211 e. The van der Waals surface area contributed by atoms with Crippen molar-refractivity contribution in [3.63, 3.8) is 0 Å². The monoisotopic (exact) mass is 242 g/mol. The van der Waals surface area contributed by atoms with Gasteiger partial charge < -0.3 is 0 Å². The van der Waals surface area contributed by atoms with E-state index in [1.165, 1.54) is 6.20 Å². The summed E-state index contributed by atoms with van der Waals surface area (Å²) in [5.41, 5.74) is 2.09. The van der Waals surface area contributed by atoms with Crippen LogP contribution in [0.4, 0.5) is 8.78 Å². The van der Waals surface area contributed by atoms with Crippen LogP contribution in [0, 0.1) is 6.92 Å². The van der Waals surface area contributed by atoms with Gasteiger partial charge in [-0.15, -0.1) is 0 Å². The number of alkyl halides is 2. The lowest BCUT2D eigenvalue weighted by Crippen LogP contribution is -1.97. The highest BCUT2D eigenvalue weighted by atomic mass is 35.5. The van der Waals surface area contributed by atoms with Gasteiger partial charge in [0.05, 0.1) is 5.69 Å². The minimum absolute atomic E-state index is 0.572. The van der Waals surface area contributed by atoms with Gasteiger partial charge in [0.1, 0.15) is 0 Å². The third-order valence-corrected chi connectivity index (χ3v) is 2.52. The number of aryl methyl sites for hydroxylation is 1. The van der Waals surface area contributed by atoms with Gasteiger partial charge in [0.2, 0.25) is 0 Å². The Hall–Kier alpha value is -1.42. The summed E-state index contributed by atoms with van der Waals surface area (Å²) in [5.74, 6) is 0. The first-order valence-electron chi connectivity index (χ1n) is 4.68. The SMILES string of the molecule is Cc1nn(C(F)F)cc1-c1ccc(Cl)cc1. The molecule has 1 aromatic heterocycles. The quantitative estimate of drug-likeness (QED) is 0.781. The zero-order valence-corrected chi connectivity index (χ0v) is 9.25. The second kappa shape index (κ2) is 4.22. The molecule has 0 N–H and O–H groups in total. The lowest BCUT2D eigenvalue weighted by molar-refractivity contribution is 0.0563. The first-order chi connectivity index (χ1) is 7.58. The van der Waals surface area contributed by atoms with Crippen LogP contribution in [0.15, 0.2) is 30.5 Å². The summed E-state index contributed by atoms with van der Waals surface area (Å²) < 4.78 is 25.5. The van der Waals surface area contributed by atoms with Crippen molar-refractivity contribution in [2.45, 2.75) is 13.5 Å². The van der Waals surface area contributed by atoms with E-state index in [1.807, 2.05) is 0 Å². The van der Waals surface area contributed by atoms with E-state index >= 15 is 0 Å². The Balaban J connectivity index is 2.44.